The molecule has 2 saturated heterocycles. The van der Waals surface area contributed by atoms with Crippen molar-refractivity contribution in [3.05, 3.63) is 29.3 Å². The highest BCUT2D eigenvalue weighted by Crippen LogP contribution is 2.36. The van der Waals surface area contributed by atoms with E-state index in [1.807, 2.05) is 25.7 Å². The summed E-state index contributed by atoms with van der Waals surface area (Å²) in [6, 6.07) is 7.29. The Morgan fingerprint density at radius 1 is 1.25 bits per heavy atom. The number of aliphatic imine (C=N–C) groups is 1. The molecule has 176 valence electrons. The lowest BCUT2D eigenvalue weighted by Crippen LogP contribution is -2.55. The number of amides is 1. The van der Waals surface area contributed by atoms with Crippen molar-refractivity contribution in [2.45, 2.75) is 89.9 Å². The number of carbonyl (C=O) groups is 1. The average molecular weight is 443 g/mol. The molecule has 1 aromatic carbocycles. The SMILES string of the molecule is CCNC(=NCCc1ccc2c(c1)CCO2)NC1CC2CCC(C1)N2C(=O)OC(C)(C)C. The number of rotatable bonds is 5. The molecule has 7 heteroatoms. The van der Waals surface area contributed by atoms with Gasteiger partial charge in [-0.1, -0.05) is 12.1 Å². The maximum Gasteiger partial charge on any atom is 0.410 e. The number of hydrogen-bond acceptors (Lipinski definition) is 4. The van der Waals surface area contributed by atoms with E-state index in [0.717, 1.165) is 69.9 Å². The van der Waals surface area contributed by atoms with Gasteiger partial charge >= 0.3 is 6.09 Å². The van der Waals surface area contributed by atoms with Crippen LogP contribution in [0.5, 0.6) is 5.75 Å². The maximum atomic E-state index is 12.7. The molecule has 0 radical (unpaired) electrons. The Morgan fingerprint density at radius 2 is 2.00 bits per heavy atom. The molecule has 1 amide bonds. The molecule has 2 unspecified atom stereocenters. The molecular formula is C25H38N4O3. The molecule has 0 saturated carbocycles. The number of nitrogens with one attached hydrogen (secondary N) is 2. The predicted octanol–water partition coefficient (Wildman–Crippen LogP) is 3.65. The number of guanidine groups is 1. The quantitative estimate of drug-likeness (QED) is 0.538. The van der Waals surface area contributed by atoms with E-state index in [-0.39, 0.29) is 18.2 Å². The van der Waals surface area contributed by atoms with Crippen LogP contribution in [0.3, 0.4) is 0 Å². The van der Waals surface area contributed by atoms with E-state index in [4.69, 9.17) is 14.5 Å². The van der Waals surface area contributed by atoms with Crippen molar-refractivity contribution in [1.29, 1.82) is 0 Å². The number of carbonyl (C=O) groups excluding carboxylic acids is 1. The molecule has 2 N–H and O–H groups in total. The molecule has 3 heterocycles. The first-order valence-corrected chi connectivity index (χ1v) is 12.1. The van der Waals surface area contributed by atoms with Crippen LogP contribution in [-0.4, -0.2) is 60.4 Å². The Kier molecular flexibility index (Phi) is 6.82. The lowest BCUT2D eigenvalue weighted by Gasteiger charge is -2.40. The number of piperidine rings is 1. The highest BCUT2D eigenvalue weighted by molar-refractivity contribution is 5.80. The van der Waals surface area contributed by atoms with Crippen molar-refractivity contribution >= 4 is 12.1 Å². The van der Waals surface area contributed by atoms with E-state index < -0.39 is 5.60 Å². The molecule has 0 aromatic heterocycles. The second-order valence-corrected chi connectivity index (χ2v) is 10.1. The van der Waals surface area contributed by atoms with Gasteiger partial charge in [0.05, 0.1) is 6.61 Å². The van der Waals surface area contributed by atoms with Crippen LogP contribution in [0.4, 0.5) is 4.79 Å². The Balaban J connectivity index is 1.32. The summed E-state index contributed by atoms with van der Waals surface area (Å²) in [4.78, 5) is 19.5. The zero-order valence-corrected chi connectivity index (χ0v) is 19.9. The summed E-state index contributed by atoms with van der Waals surface area (Å²) in [5, 5.41) is 7.02. The van der Waals surface area contributed by atoms with Crippen LogP contribution in [0.25, 0.3) is 0 Å². The largest absolute Gasteiger partial charge is 0.493 e. The van der Waals surface area contributed by atoms with Gasteiger partial charge in [-0.2, -0.15) is 0 Å². The first kappa shape index (κ1) is 22.7. The third-order valence-electron chi connectivity index (χ3n) is 6.45. The Hall–Kier alpha value is -2.44. The third kappa shape index (κ3) is 5.48. The van der Waals surface area contributed by atoms with E-state index >= 15 is 0 Å². The van der Waals surface area contributed by atoms with Crippen LogP contribution in [0.2, 0.25) is 0 Å². The van der Waals surface area contributed by atoms with E-state index in [1.165, 1.54) is 11.1 Å². The summed E-state index contributed by atoms with van der Waals surface area (Å²) in [6.07, 6.45) is 5.72. The predicted molar refractivity (Wildman–Crippen MR) is 126 cm³/mol. The van der Waals surface area contributed by atoms with Crippen molar-refractivity contribution in [2.24, 2.45) is 4.99 Å². The molecule has 0 spiro atoms. The topological polar surface area (TPSA) is 75.2 Å². The van der Waals surface area contributed by atoms with Gasteiger partial charge in [0.25, 0.3) is 0 Å². The van der Waals surface area contributed by atoms with E-state index in [1.54, 1.807) is 0 Å². The lowest BCUT2D eigenvalue weighted by molar-refractivity contribution is 0.00545. The summed E-state index contributed by atoms with van der Waals surface area (Å²) in [6.45, 7) is 10.2. The summed E-state index contributed by atoms with van der Waals surface area (Å²) in [7, 11) is 0. The van der Waals surface area contributed by atoms with E-state index in [9.17, 15) is 4.79 Å². The molecular weight excluding hydrogens is 404 g/mol. The highest BCUT2D eigenvalue weighted by Gasteiger charge is 2.45. The summed E-state index contributed by atoms with van der Waals surface area (Å²) in [5.74, 6) is 1.90. The Labute approximate surface area is 191 Å². The van der Waals surface area contributed by atoms with Gasteiger partial charge in [-0.25, -0.2) is 4.79 Å². The van der Waals surface area contributed by atoms with Crippen molar-refractivity contribution in [1.82, 2.24) is 15.5 Å². The first-order valence-electron chi connectivity index (χ1n) is 12.1. The zero-order chi connectivity index (χ0) is 22.7. The van der Waals surface area contributed by atoms with Gasteiger partial charge in [-0.15, -0.1) is 0 Å². The fourth-order valence-corrected chi connectivity index (χ4v) is 5.11. The van der Waals surface area contributed by atoms with Gasteiger partial charge in [0.15, 0.2) is 5.96 Å². The van der Waals surface area contributed by atoms with Crippen LogP contribution >= 0.6 is 0 Å². The molecule has 32 heavy (non-hydrogen) atoms. The average Bonchev–Trinajstić information content (AvgIpc) is 3.29. The van der Waals surface area contributed by atoms with Gasteiger partial charge in [-0.05, 0) is 77.0 Å². The second-order valence-electron chi connectivity index (χ2n) is 10.1. The molecule has 2 bridgehead atoms. The minimum absolute atomic E-state index is 0.163. The van der Waals surface area contributed by atoms with Crippen LogP contribution in [0, 0.1) is 0 Å². The molecule has 7 nitrogen and oxygen atoms in total. The molecule has 3 aliphatic rings. The van der Waals surface area contributed by atoms with Crippen molar-refractivity contribution in [3.8, 4) is 5.75 Å². The monoisotopic (exact) mass is 442 g/mol. The number of nitrogens with zero attached hydrogens (tertiary/aromatic N) is 2. The fraction of sp³-hybridized carbons (Fsp3) is 0.680. The van der Waals surface area contributed by atoms with E-state index in [0.29, 0.717) is 6.04 Å². The first-order chi connectivity index (χ1) is 15.3. The van der Waals surface area contributed by atoms with Crippen molar-refractivity contribution in [3.63, 3.8) is 0 Å². The number of benzene rings is 1. The van der Waals surface area contributed by atoms with Crippen LogP contribution in [-0.2, 0) is 17.6 Å². The summed E-state index contributed by atoms with van der Waals surface area (Å²) in [5.41, 5.74) is 2.16. The fourth-order valence-electron chi connectivity index (χ4n) is 5.11. The molecule has 3 aliphatic heterocycles. The standard InChI is InChI=1S/C25H38N4O3/c1-5-26-23(27-12-10-17-6-9-22-18(14-17)11-13-31-22)28-19-15-20-7-8-21(16-19)29(20)24(30)32-25(2,3)4/h6,9,14,19-21H,5,7-8,10-13,15-16H2,1-4H3,(H2,26,27,28). The zero-order valence-electron chi connectivity index (χ0n) is 19.9. The number of hydrogen-bond donors (Lipinski definition) is 2. The summed E-state index contributed by atoms with van der Waals surface area (Å²) >= 11 is 0. The van der Waals surface area contributed by atoms with Crippen molar-refractivity contribution < 1.29 is 14.3 Å². The van der Waals surface area contributed by atoms with Gasteiger partial charge in [0.1, 0.15) is 11.4 Å². The van der Waals surface area contributed by atoms with Gasteiger partial charge in [0, 0.05) is 37.6 Å². The van der Waals surface area contributed by atoms with Crippen LogP contribution < -0.4 is 15.4 Å². The minimum Gasteiger partial charge on any atom is -0.493 e. The molecule has 2 atom stereocenters. The van der Waals surface area contributed by atoms with Crippen LogP contribution in [0.1, 0.15) is 64.5 Å². The maximum absolute atomic E-state index is 12.7. The smallest absolute Gasteiger partial charge is 0.410 e. The molecule has 0 aliphatic carbocycles. The van der Waals surface area contributed by atoms with E-state index in [2.05, 4.69) is 35.8 Å². The molecule has 1 aromatic rings. The highest BCUT2D eigenvalue weighted by atomic mass is 16.6. The van der Waals surface area contributed by atoms with Crippen LogP contribution in [0.15, 0.2) is 23.2 Å². The molecule has 2 fully saturated rings. The number of ether oxygens (including phenoxy) is 2. The minimum atomic E-state index is -0.456. The van der Waals surface area contributed by atoms with Gasteiger partial charge in [0.2, 0.25) is 0 Å². The second kappa shape index (κ2) is 9.59. The lowest BCUT2D eigenvalue weighted by atomic mass is 9.98. The van der Waals surface area contributed by atoms with Crippen molar-refractivity contribution in [2.75, 3.05) is 19.7 Å². The summed E-state index contributed by atoms with van der Waals surface area (Å²) < 4.78 is 11.3. The number of fused-ring (bicyclic) bond motifs is 3. The Bertz CT molecular complexity index is 834. The van der Waals surface area contributed by atoms with Gasteiger partial charge in [-0.3, -0.25) is 4.99 Å². The Morgan fingerprint density at radius 3 is 2.69 bits per heavy atom. The molecule has 4 rings (SSSR count). The normalized spacial score (nSPS) is 24.7. The van der Waals surface area contributed by atoms with Gasteiger partial charge < -0.3 is 25.0 Å². The third-order valence-corrected chi connectivity index (χ3v) is 6.45.